The van der Waals surface area contributed by atoms with E-state index in [0.717, 1.165) is 6.42 Å². The monoisotopic (exact) mass is 296 g/mol. The number of carbonyl (C=O) groups is 2. The molecule has 2 rings (SSSR count). The number of nitrogens with zero attached hydrogens (tertiary/aromatic N) is 1. The van der Waals surface area contributed by atoms with Crippen molar-refractivity contribution in [2.24, 2.45) is 0 Å². The Hall–Kier alpha value is -1.79. The summed E-state index contributed by atoms with van der Waals surface area (Å²) in [6, 6.07) is 4.90. The van der Waals surface area contributed by atoms with E-state index in [1.54, 1.807) is 23.1 Å². The molecular formula is C13H17ClN4O2. The summed E-state index contributed by atoms with van der Waals surface area (Å²) >= 11 is 5.86. The number of halogens is 1. The summed E-state index contributed by atoms with van der Waals surface area (Å²) in [7, 11) is 0. The average molecular weight is 297 g/mol. The summed E-state index contributed by atoms with van der Waals surface area (Å²) in [6.07, 6.45) is 0.832. The molecule has 1 saturated heterocycles. The summed E-state index contributed by atoms with van der Waals surface area (Å²) in [4.78, 5) is 25.2. The Bertz CT molecular complexity index is 521. The third-order valence-electron chi connectivity index (χ3n) is 3.00. The minimum Gasteiger partial charge on any atom is -0.397 e. The molecule has 0 spiro atoms. The maximum atomic E-state index is 12.0. The summed E-state index contributed by atoms with van der Waals surface area (Å²) in [5.74, 6) is -0.272. The van der Waals surface area contributed by atoms with Crippen molar-refractivity contribution in [2.45, 2.75) is 6.42 Å². The predicted octanol–water partition coefficient (Wildman–Crippen LogP) is 0.683. The van der Waals surface area contributed by atoms with Crippen LogP contribution in [0.25, 0.3) is 0 Å². The smallest absolute Gasteiger partial charge is 0.238 e. The minimum absolute atomic E-state index is 0.0578. The molecule has 0 saturated carbocycles. The Morgan fingerprint density at radius 2 is 2.30 bits per heavy atom. The van der Waals surface area contributed by atoms with Crippen LogP contribution in [0, 0.1) is 0 Å². The Labute approximate surface area is 122 Å². The van der Waals surface area contributed by atoms with Crippen LogP contribution in [-0.4, -0.2) is 42.9 Å². The van der Waals surface area contributed by atoms with E-state index < -0.39 is 0 Å². The van der Waals surface area contributed by atoms with Gasteiger partial charge in [0.2, 0.25) is 11.8 Å². The number of carbonyl (C=O) groups excluding carboxylic acids is 2. The highest BCUT2D eigenvalue weighted by Crippen LogP contribution is 2.22. The van der Waals surface area contributed by atoms with Crippen LogP contribution in [0.3, 0.4) is 0 Å². The third kappa shape index (κ3) is 4.11. The Morgan fingerprint density at radius 1 is 1.50 bits per heavy atom. The van der Waals surface area contributed by atoms with Gasteiger partial charge in [0.25, 0.3) is 0 Å². The molecule has 4 N–H and O–H groups in total. The molecular weight excluding hydrogens is 280 g/mol. The maximum absolute atomic E-state index is 12.0. The molecule has 0 aliphatic carbocycles. The Kier molecular flexibility index (Phi) is 4.81. The van der Waals surface area contributed by atoms with Crippen molar-refractivity contribution in [1.29, 1.82) is 0 Å². The largest absolute Gasteiger partial charge is 0.397 e. The van der Waals surface area contributed by atoms with Crippen molar-refractivity contribution < 1.29 is 9.59 Å². The average Bonchev–Trinajstić information content (AvgIpc) is 2.58. The van der Waals surface area contributed by atoms with Gasteiger partial charge in [-0.3, -0.25) is 14.5 Å². The SMILES string of the molecule is Nc1ccc(Cl)cc1NC(=O)CN1CCCNC(=O)C1. The van der Waals surface area contributed by atoms with E-state index in [0.29, 0.717) is 29.5 Å². The molecule has 1 aromatic carbocycles. The second kappa shape index (κ2) is 6.58. The van der Waals surface area contributed by atoms with Crippen molar-refractivity contribution in [3.63, 3.8) is 0 Å². The zero-order chi connectivity index (χ0) is 14.5. The molecule has 6 nitrogen and oxygen atoms in total. The van der Waals surface area contributed by atoms with Crippen LogP contribution in [0.1, 0.15) is 6.42 Å². The van der Waals surface area contributed by atoms with Gasteiger partial charge in [-0.05, 0) is 24.6 Å². The molecule has 1 aliphatic heterocycles. The van der Waals surface area contributed by atoms with Crippen molar-refractivity contribution in [1.82, 2.24) is 10.2 Å². The van der Waals surface area contributed by atoms with E-state index in [-0.39, 0.29) is 24.9 Å². The van der Waals surface area contributed by atoms with Gasteiger partial charge in [-0.25, -0.2) is 0 Å². The number of nitrogens with two attached hydrogens (primary N) is 1. The quantitative estimate of drug-likeness (QED) is 0.716. The first-order valence-corrected chi connectivity index (χ1v) is 6.76. The standard InChI is InChI=1S/C13H17ClN4O2/c14-9-2-3-10(15)11(6-9)17-13(20)8-18-5-1-4-16-12(19)7-18/h2-3,6H,1,4-5,7-8,15H2,(H,16,19)(H,17,20). The fraction of sp³-hybridized carbons (Fsp3) is 0.385. The lowest BCUT2D eigenvalue weighted by molar-refractivity contribution is -0.122. The van der Waals surface area contributed by atoms with Gasteiger partial charge in [-0.15, -0.1) is 0 Å². The lowest BCUT2D eigenvalue weighted by atomic mass is 10.2. The van der Waals surface area contributed by atoms with Crippen molar-refractivity contribution >= 4 is 34.8 Å². The third-order valence-corrected chi connectivity index (χ3v) is 3.23. The van der Waals surface area contributed by atoms with Crippen LogP contribution in [-0.2, 0) is 9.59 Å². The van der Waals surface area contributed by atoms with Crippen LogP contribution in [0.4, 0.5) is 11.4 Å². The second-order valence-electron chi connectivity index (χ2n) is 4.69. The predicted molar refractivity (Wildman–Crippen MR) is 78.6 cm³/mol. The molecule has 0 radical (unpaired) electrons. The number of nitrogen functional groups attached to an aromatic ring is 1. The van der Waals surface area contributed by atoms with Gasteiger partial charge in [0, 0.05) is 18.1 Å². The first kappa shape index (κ1) is 14.6. The van der Waals surface area contributed by atoms with Gasteiger partial charge in [-0.1, -0.05) is 11.6 Å². The van der Waals surface area contributed by atoms with Crippen molar-refractivity contribution in [3.05, 3.63) is 23.2 Å². The molecule has 2 amide bonds. The molecule has 20 heavy (non-hydrogen) atoms. The molecule has 1 fully saturated rings. The lowest BCUT2D eigenvalue weighted by Crippen LogP contribution is -2.38. The van der Waals surface area contributed by atoms with E-state index in [1.165, 1.54) is 0 Å². The van der Waals surface area contributed by atoms with Gasteiger partial charge in [0.05, 0.1) is 24.5 Å². The summed E-state index contributed by atoms with van der Waals surface area (Å²) < 4.78 is 0. The number of benzene rings is 1. The number of rotatable bonds is 3. The summed E-state index contributed by atoms with van der Waals surface area (Å²) in [5, 5.41) is 5.98. The number of nitrogens with one attached hydrogen (secondary N) is 2. The van der Waals surface area contributed by atoms with E-state index >= 15 is 0 Å². The van der Waals surface area contributed by atoms with E-state index in [4.69, 9.17) is 17.3 Å². The number of hydrogen-bond acceptors (Lipinski definition) is 4. The normalized spacial score (nSPS) is 16.4. The Balaban J connectivity index is 1.94. The number of amides is 2. The highest BCUT2D eigenvalue weighted by atomic mass is 35.5. The molecule has 1 aliphatic rings. The molecule has 1 aromatic rings. The molecule has 0 bridgehead atoms. The van der Waals surface area contributed by atoms with Gasteiger partial charge >= 0.3 is 0 Å². The highest BCUT2D eigenvalue weighted by molar-refractivity contribution is 6.31. The topological polar surface area (TPSA) is 87.5 Å². The van der Waals surface area contributed by atoms with Crippen molar-refractivity contribution in [2.75, 3.05) is 37.2 Å². The van der Waals surface area contributed by atoms with Crippen LogP contribution in [0.2, 0.25) is 5.02 Å². The highest BCUT2D eigenvalue weighted by Gasteiger charge is 2.17. The molecule has 108 valence electrons. The molecule has 0 aromatic heterocycles. The summed E-state index contributed by atoms with van der Waals surface area (Å²) in [6.45, 7) is 1.74. The van der Waals surface area contributed by atoms with Gasteiger partial charge in [0.15, 0.2) is 0 Å². The molecule has 7 heteroatoms. The fourth-order valence-electron chi connectivity index (χ4n) is 2.03. The zero-order valence-electron chi connectivity index (χ0n) is 11.0. The van der Waals surface area contributed by atoms with Gasteiger partial charge in [-0.2, -0.15) is 0 Å². The van der Waals surface area contributed by atoms with Gasteiger partial charge in [0.1, 0.15) is 0 Å². The number of anilines is 2. The fourth-order valence-corrected chi connectivity index (χ4v) is 2.21. The van der Waals surface area contributed by atoms with Crippen LogP contribution in [0.5, 0.6) is 0 Å². The van der Waals surface area contributed by atoms with Gasteiger partial charge < -0.3 is 16.4 Å². The van der Waals surface area contributed by atoms with E-state index in [2.05, 4.69) is 10.6 Å². The zero-order valence-corrected chi connectivity index (χ0v) is 11.7. The Morgan fingerprint density at radius 3 is 3.10 bits per heavy atom. The first-order chi connectivity index (χ1) is 9.54. The second-order valence-corrected chi connectivity index (χ2v) is 5.13. The maximum Gasteiger partial charge on any atom is 0.238 e. The minimum atomic E-state index is -0.214. The summed E-state index contributed by atoms with van der Waals surface area (Å²) in [5.41, 5.74) is 6.71. The van der Waals surface area contributed by atoms with Crippen LogP contribution in [0.15, 0.2) is 18.2 Å². The van der Waals surface area contributed by atoms with Crippen LogP contribution < -0.4 is 16.4 Å². The molecule has 1 heterocycles. The first-order valence-electron chi connectivity index (χ1n) is 6.38. The lowest BCUT2D eigenvalue weighted by Gasteiger charge is -2.18. The van der Waals surface area contributed by atoms with E-state index in [1.807, 2.05) is 0 Å². The molecule has 0 unspecified atom stereocenters. The van der Waals surface area contributed by atoms with E-state index in [9.17, 15) is 9.59 Å². The molecule has 0 atom stereocenters. The van der Waals surface area contributed by atoms with Crippen LogP contribution >= 0.6 is 11.6 Å². The number of hydrogen-bond donors (Lipinski definition) is 3. The van der Waals surface area contributed by atoms with Crippen molar-refractivity contribution in [3.8, 4) is 0 Å².